The summed E-state index contributed by atoms with van der Waals surface area (Å²) in [4.78, 5) is 25.7. The molecule has 0 aliphatic rings. The van der Waals surface area contributed by atoms with E-state index in [1.165, 1.54) is 6.92 Å². The third kappa shape index (κ3) is 6.39. The number of carbonyl (C=O) groups is 2. The maximum Gasteiger partial charge on any atom is 0.338 e. The van der Waals surface area contributed by atoms with Crippen molar-refractivity contribution in [3.8, 4) is 11.5 Å². The van der Waals surface area contributed by atoms with Crippen LogP contribution in [0.5, 0.6) is 11.5 Å². The largest absolute Gasteiger partial charge is 0.507 e. The fourth-order valence-corrected chi connectivity index (χ4v) is 4.26. The normalized spacial score (nSPS) is 10.6. The topological polar surface area (TPSA) is 72.8 Å². The van der Waals surface area contributed by atoms with E-state index in [2.05, 4.69) is 0 Å². The Bertz CT molecular complexity index is 1120. The number of ketones is 1. The van der Waals surface area contributed by atoms with Crippen molar-refractivity contribution in [3.63, 3.8) is 0 Å². The first-order chi connectivity index (χ1) is 15.9. The quantitative estimate of drug-likeness (QED) is 0.274. The van der Waals surface area contributed by atoms with E-state index in [1.807, 2.05) is 49.4 Å². The summed E-state index contributed by atoms with van der Waals surface area (Å²) >= 11 is 1.56. The fourth-order valence-electron chi connectivity index (χ4n) is 3.38. The smallest absolute Gasteiger partial charge is 0.338 e. The third-order valence-corrected chi connectivity index (χ3v) is 6.02. The number of ether oxygens (including phenoxy) is 2. The van der Waals surface area contributed by atoms with Crippen molar-refractivity contribution >= 4 is 23.5 Å². The van der Waals surface area contributed by atoms with Crippen LogP contribution in [-0.4, -0.2) is 23.5 Å². The molecule has 6 heteroatoms. The van der Waals surface area contributed by atoms with Crippen LogP contribution in [0.25, 0.3) is 0 Å². The van der Waals surface area contributed by atoms with Gasteiger partial charge in [0, 0.05) is 15.4 Å². The molecule has 0 spiro atoms. The molecule has 0 heterocycles. The number of hydrogen-bond acceptors (Lipinski definition) is 6. The molecule has 0 saturated carbocycles. The van der Waals surface area contributed by atoms with Gasteiger partial charge in [0.15, 0.2) is 5.78 Å². The van der Waals surface area contributed by atoms with Gasteiger partial charge in [0.05, 0.1) is 17.7 Å². The van der Waals surface area contributed by atoms with Crippen LogP contribution in [0.15, 0.2) is 70.5 Å². The van der Waals surface area contributed by atoms with Gasteiger partial charge in [-0.05, 0) is 68.3 Å². The van der Waals surface area contributed by atoms with E-state index in [0.717, 1.165) is 21.8 Å². The van der Waals surface area contributed by atoms with Crippen LogP contribution in [0.3, 0.4) is 0 Å². The van der Waals surface area contributed by atoms with Crippen LogP contribution >= 0.6 is 11.8 Å². The molecule has 0 fully saturated rings. The first kappa shape index (κ1) is 24.4. The van der Waals surface area contributed by atoms with Gasteiger partial charge >= 0.3 is 5.97 Å². The number of phenolic OH excluding ortho intramolecular Hbond substituents is 1. The molecular formula is C27H28O5S. The monoisotopic (exact) mass is 464 g/mol. The number of benzene rings is 3. The Kier molecular flexibility index (Phi) is 8.55. The van der Waals surface area contributed by atoms with E-state index in [0.29, 0.717) is 42.1 Å². The molecule has 1 N–H and O–H groups in total. The highest BCUT2D eigenvalue weighted by atomic mass is 32.2. The van der Waals surface area contributed by atoms with E-state index in [-0.39, 0.29) is 17.5 Å². The minimum atomic E-state index is -0.322. The molecule has 0 radical (unpaired) electrons. The lowest BCUT2D eigenvalue weighted by atomic mass is 10.0. The summed E-state index contributed by atoms with van der Waals surface area (Å²) in [6.45, 7) is 5.94. The summed E-state index contributed by atoms with van der Waals surface area (Å²) in [7, 11) is 0. The Hall–Kier alpha value is -3.25. The average molecular weight is 465 g/mol. The minimum Gasteiger partial charge on any atom is -0.507 e. The van der Waals surface area contributed by atoms with Crippen LogP contribution in [0.4, 0.5) is 0 Å². The van der Waals surface area contributed by atoms with Gasteiger partial charge in [-0.3, -0.25) is 4.79 Å². The number of hydrogen-bond donors (Lipinski definition) is 1. The van der Waals surface area contributed by atoms with Gasteiger partial charge in [-0.15, -0.1) is 0 Å². The number of esters is 1. The van der Waals surface area contributed by atoms with Crippen molar-refractivity contribution in [2.75, 3.05) is 6.61 Å². The second-order valence-electron chi connectivity index (χ2n) is 7.53. The van der Waals surface area contributed by atoms with Crippen LogP contribution in [0.1, 0.15) is 59.0 Å². The van der Waals surface area contributed by atoms with Gasteiger partial charge in [0.25, 0.3) is 0 Å². The molecule has 3 aromatic carbocycles. The van der Waals surface area contributed by atoms with Crippen LogP contribution in [0, 0.1) is 0 Å². The molecule has 0 atom stereocenters. The second kappa shape index (κ2) is 11.6. The average Bonchev–Trinajstić information content (AvgIpc) is 2.80. The molecule has 3 aromatic rings. The van der Waals surface area contributed by atoms with Crippen LogP contribution < -0.4 is 4.74 Å². The maximum atomic E-state index is 11.9. The van der Waals surface area contributed by atoms with Gasteiger partial charge in [-0.25, -0.2) is 4.79 Å². The van der Waals surface area contributed by atoms with E-state index in [1.54, 1.807) is 36.9 Å². The Morgan fingerprint density at radius 2 is 1.73 bits per heavy atom. The maximum absolute atomic E-state index is 11.9. The highest BCUT2D eigenvalue weighted by molar-refractivity contribution is 7.99. The van der Waals surface area contributed by atoms with Crippen molar-refractivity contribution in [3.05, 3.63) is 82.9 Å². The Balaban J connectivity index is 1.67. The van der Waals surface area contributed by atoms with E-state index in [9.17, 15) is 14.7 Å². The highest BCUT2D eigenvalue weighted by Gasteiger charge is 2.16. The molecule has 5 nitrogen and oxygen atoms in total. The molecule has 0 aliphatic heterocycles. The van der Waals surface area contributed by atoms with Crippen molar-refractivity contribution < 1.29 is 24.2 Å². The minimum absolute atomic E-state index is 0.0126. The number of carbonyl (C=O) groups excluding carboxylic acids is 2. The molecular weight excluding hydrogens is 436 g/mol. The van der Waals surface area contributed by atoms with Crippen molar-refractivity contribution in [2.45, 2.75) is 50.0 Å². The van der Waals surface area contributed by atoms with Gasteiger partial charge in [-0.1, -0.05) is 43.3 Å². The van der Waals surface area contributed by atoms with Gasteiger partial charge < -0.3 is 14.6 Å². The van der Waals surface area contributed by atoms with Crippen molar-refractivity contribution in [1.82, 2.24) is 0 Å². The van der Waals surface area contributed by atoms with Crippen LogP contribution in [0.2, 0.25) is 0 Å². The zero-order valence-corrected chi connectivity index (χ0v) is 19.9. The van der Waals surface area contributed by atoms with Crippen molar-refractivity contribution in [2.24, 2.45) is 0 Å². The zero-order chi connectivity index (χ0) is 23.8. The fraction of sp³-hybridized carbons (Fsp3) is 0.259. The standard InChI is InChI=1S/C27H28O5S/c1-4-7-24-25(15-14-23(18(3)28)26(24)29)32-17-19-10-12-21(13-11-19)33-22-9-6-8-20(16-22)27(30)31-5-2/h6,8-16,29H,4-5,7,17H2,1-3H3. The lowest BCUT2D eigenvalue weighted by molar-refractivity contribution is 0.0526. The Labute approximate surface area is 198 Å². The summed E-state index contributed by atoms with van der Waals surface area (Å²) in [6.07, 6.45) is 1.46. The Morgan fingerprint density at radius 1 is 0.970 bits per heavy atom. The first-order valence-electron chi connectivity index (χ1n) is 11.0. The predicted octanol–water partition coefficient (Wildman–Crippen LogP) is 6.45. The molecule has 0 amide bonds. The molecule has 0 bridgehead atoms. The summed E-state index contributed by atoms with van der Waals surface area (Å²) in [5.41, 5.74) is 2.50. The number of aromatic hydroxyl groups is 1. The van der Waals surface area contributed by atoms with Gasteiger partial charge in [0.1, 0.15) is 18.1 Å². The molecule has 172 valence electrons. The number of Topliss-reactive ketones (excluding diaryl/α,β-unsaturated/α-hetero) is 1. The molecule has 33 heavy (non-hydrogen) atoms. The summed E-state index contributed by atoms with van der Waals surface area (Å²) in [6, 6.07) is 18.7. The summed E-state index contributed by atoms with van der Waals surface area (Å²) in [5, 5.41) is 10.5. The zero-order valence-electron chi connectivity index (χ0n) is 19.1. The second-order valence-corrected chi connectivity index (χ2v) is 8.67. The van der Waals surface area contributed by atoms with E-state index >= 15 is 0 Å². The van der Waals surface area contributed by atoms with Crippen molar-refractivity contribution in [1.29, 1.82) is 0 Å². The molecule has 3 rings (SSSR count). The van der Waals surface area contributed by atoms with Gasteiger partial charge in [-0.2, -0.15) is 0 Å². The SMILES string of the molecule is CCCc1c(OCc2ccc(Sc3cccc(C(=O)OCC)c3)cc2)ccc(C(C)=O)c1O. The Morgan fingerprint density at radius 3 is 2.39 bits per heavy atom. The number of phenols is 1. The lowest BCUT2D eigenvalue weighted by Crippen LogP contribution is -2.04. The summed E-state index contributed by atoms with van der Waals surface area (Å²) < 4.78 is 11.1. The molecule has 0 aromatic heterocycles. The highest BCUT2D eigenvalue weighted by Crippen LogP contribution is 2.34. The van der Waals surface area contributed by atoms with E-state index < -0.39 is 0 Å². The first-order valence-corrected chi connectivity index (χ1v) is 11.8. The van der Waals surface area contributed by atoms with E-state index in [4.69, 9.17) is 9.47 Å². The molecule has 0 saturated heterocycles. The van der Waals surface area contributed by atoms with Crippen LogP contribution in [-0.2, 0) is 17.8 Å². The third-order valence-electron chi connectivity index (χ3n) is 5.02. The molecule has 0 unspecified atom stereocenters. The van der Waals surface area contributed by atoms with Gasteiger partial charge in [0.2, 0.25) is 0 Å². The number of rotatable bonds is 10. The predicted molar refractivity (Wildman–Crippen MR) is 129 cm³/mol. The molecule has 0 aliphatic carbocycles. The summed E-state index contributed by atoms with van der Waals surface area (Å²) in [5.74, 6) is 0.113. The lowest BCUT2D eigenvalue weighted by Gasteiger charge is -2.15.